The molecule has 1 heterocycles. The summed E-state index contributed by atoms with van der Waals surface area (Å²) in [5, 5.41) is 3.93. The Hall–Kier alpha value is -0.150. The van der Waals surface area contributed by atoms with Crippen molar-refractivity contribution in [3.8, 4) is 0 Å². The van der Waals surface area contributed by atoms with Crippen LogP contribution in [0.1, 0.15) is 5.01 Å². The number of hydrogen-bond donors (Lipinski definition) is 0. The summed E-state index contributed by atoms with van der Waals surface area (Å²) in [5.74, 6) is 0. The van der Waals surface area contributed by atoms with Crippen LogP contribution in [0.5, 0.6) is 0 Å². The van der Waals surface area contributed by atoms with Gasteiger partial charge in [-0.05, 0) is 6.08 Å². The average molecular weight is 204 g/mol. The second kappa shape index (κ2) is 3.80. The van der Waals surface area contributed by atoms with Crippen molar-refractivity contribution in [2.45, 2.75) is 0 Å². The highest BCUT2D eigenvalue weighted by atomic mass is 79.9. The van der Waals surface area contributed by atoms with Crippen LogP contribution in [0.4, 0.5) is 0 Å². The van der Waals surface area contributed by atoms with Crippen molar-refractivity contribution in [2.75, 3.05) is 5.33 Å². The minimum absolute atomic E-state index is 0.895. The summed E-state index contributed by atoms with van der Waals surface area (Å²) in [6, 6.07) is 0. The minimum atomic E-state index is 0.895. The summed E-state index contributed by atoms with van der Waals surface area (Å²) in [7, 11) is 0. The molecule has 48 valence electrons. The molecular formula is C6H6BrNS. The quantitative estimate of drug-likeness (QED) is 0.674. The van der Waals surface area contributed by atoms with Crippen molar-refractivity contribution < 1.29 is 0 Å². The van der Waals surface area contributed by atoms with Crippen LogP contribution < -0.4 is 0 Å². The molecule has 0 radical (unpaired) electrons. The zero-order valence-electron chi connectivity index (χ0n) is 4.75. The van der Waals surface area contributed by atoms with E-state index < -0.39 is 0 Å². The Morgan fingerprint density at radius 2 is 2.67 bits per heavy atom. The fourth-order valence-corrected chi connectivity index (χ4v) is 1.21. The maximum atomic E-state index is 4.06. The number of hydrogen-bond acceptors (Lipinski definition) is 2. The largest absolute Gasteiger partial charge is 0.245 e. The molecule has 3 heteroatoms. The Morgan fingerprint density at radius 3 is 3.22 bits per heavy atom. The lowest BCUT2D eigenvalue weighted by Gasteiger charge is -1.76. The Bertz CT molecular complexity index is 181. The van der Waals surface area contributed by atoms with Crippen molar-refractivity contribution in [3.05, 3.63) is 22.7 Å². The molecule has 1 rings (SSSR count). The normalized spacial score (nSPS) is 10.8. The smallest absolute Gasteiger partial charge is 0.115 e. The van der Waals surface area contributed by atoms with Gasteiger partial charge in [0.25, 0.3) is 0 Å². The van der Waals surface area contributed by atoms with Gasteiger partial charge in [-0.2, -0.15) is 0 Å². The second-order valence-corrected chi connectivity index (χ2v) is 3.00. The molecule has 0 aliphatic heterocycles. The second-order valence-electron chi connectivity index (χ2n) is 1.43. The summed E-state index contributed by atoms with van der Waals surface area (Å²) in [6.45, 7) is 0. The van der Waals surface area contributed by atoms with E-state index in [1.54, 1.807) is 17.5 Å². The number of aromatic nitrogens is 1. The fraction of sp³-hybridized carbons (Fsp3) is 0.167. The first kappa shape index (κ1) is 6.96. The van der Waals surface area contributed by atoms with Crippen LogP contribution in [-0.2, 0) is 0 Å². The van der Waals surface area contributed by atoms with Crippen molar-refractivity contribution in [3.63, 3.8) is 0 Å². The van der Waals surface area contributed by atoms with Crippen LogP contribution in [0.3, 0.4) is 0 Å². The molecule has 0 bridgehead atoms. The van der Waals surface area contributed by atoms with Gasteiger partial charge in [-0.1, -0.05) is 22.0 Å². The molecule has 0 aliphatic rings. The molecule has 1 nitrogen and oxygen atoms in total. The van der Waals surface area contributed by atoms with Gasteiger partial charge in [0.15, 0.2) is 0 Å². The van der Waals surface area contributed by atoms with E-state index in [1.807, 2.05) is 17.5 Å². The van der Waals surface area contributed by atoms with Crippen LogP contribution in [0.25, 0.3) is 6.08 Å². The van der Waals surface area contributed by atoms with Gasteiger partial charge in [0.1, 0.15) is 5.01 Å². The Balaban J connectivity index is 2.57. The van der Waals surface area contributed by atoms with E-state index >= 15 is 0 Å². The highest BCUT2D eigenvalue weighted by molar-refractivity contribution is 9.09. The molecule has 0 atom stereocenters. The summed E-state index contributed by atoms with van der Waals surface area (Å²) < 4.78 is 0. The summed E-state index contributed by atoms with van der Waals surface area (Å²) >= 11 is 4.93. The molecule has 0 spiro atoms. The van der Waals surface area contributed by atoms with Gasteiger partial charge >= 0.3 is 0 Å². The van der Waals surface area contributed by atoms with Crippen LogP contribution in [0.15, 0.2) is 17.7 Å². The molecule has 0 saturated carbocycles. The van der Waals surface area contributed by atoms with E-state index in [0.29, 0.717) is 0 Å². The topological polar surface area (TPSA) is 12.9 Å². The number of halogens is 1. The van der Waals surface area contributed by atoms with E-state index in [0.717, 1.165) is 10.3 Å². The summed E-state index contributed by atoms with van der Waals surface area (Å²) in [4.78, 5) is 4.06. The standard InChI is InChI=1S/C6H6BrNS/c7-3-1-2-6-8-4-5-9-6/h1-2,4-5H,3H2. The highest BCUT2D eigenvalue weighted by Gasteiger charge is 1.83. The van der Waals surface area contributed by atoms with Crippen molar-refractivity contribution in [2.24, 2.45) is 0 Å². The Labute approximate surface area is 66.6 Å². The molecule has 0 amide bonds. The van der Waals surface area contributed by atoms with Crippen LogP contribution in [0, 0.1) is 0 Å². The van der Waals surface area contributed by atoms with Gasteiger partial charge in [-0.3, -0.25) is 0 Å². The molecular weight excluding hydrogens is 198 g/mol. The van der Waals surface area contributed by atoms with Crippen molar-refractivity contribution >= 4 is 33.3 Å². The molecule has 0 unspecified atom stereocenters. The molecule has 0 fully saturated rings. The van der Waals surface area contributed by atoms with E-state index in [4.69, 9.17) is 0 Å². The lowest BCUT2D eigenvalue weighted by atomic mass is 10.5. The molecule has 0 saturated heterocycles. The SMILES string of the molecule is BrCC=Cc1nccs1. The molecule has 1 aromatic heterocycles. The predicted octanol–water partition coefficient (Wildman–Crippen LogP) is 2.55. The van der Waals surface area contributed by atoms with E-state index in [9.17, 15) is 0 Å². The fourth-order valence-electron chi connectivity index (χ4n) is 0.462. The Kier molecular flexibility index (Phi) is 2.94. The summed E-state index contributed by atoms with van der Waals surface area (Å²) in [6.07, 6.45) is 5.83. The lowest BCUT2D eigenvalue weighted by molar-refractivity contribution is 1.39. The Morgan fingerprint density at radius 1 is 1.78 bits per heavy atom. The molecule has 1 aromatic rings. The predicted molar refractivity (Wildman–Crippen MR) is 44.9 cm³/mol. The third-order valence-corrected chi connectivity index (χ3v) is 1.92. The van der Waals surface area contributed by atoms with Gasteiger partial charge in [-0.25, -0.2) is 4.98 Å². The van der Waals surface area contributed by atoms with E-state index in [2.05, 4.69) is 20.9 Å². The zero-order chi connectivity index (χ0) is 6.53. The first-order chi connectivity index (χ1) is 4.43. The highest BCUT2D eigenvalue weighted by Crippen LogP contribution is 2.05. The molecule has 0 aromatic carbocycles. The number of nitrogens with zero attached hydrogens (tertiary/aromatic N) is 1. The van der Waals surface area contributed by atoms with Crippen molar-refractivity contribution in [1.82, 2.24) is 4.98 Å². The summed E-state index contributed by atoms with van der Waals surface area (Å²) in [5.41, 5.74) is 0. The van der Waals surface area contributed by atoms with Crippen LogP contribution in [0.2, 0.25) is 0 Å². The third kappa shape index (κ3) is 2.28. The third-order valence-electron chi connectivity index (χ3n) is 0.801. The monoisotopic (exact) mass is 203 g/mol. The van der Waals surface area contributed by atoms with Gasteiger partial charge < -0.3 is 0 Å². The maximum absolute atomic E-state index is 4.06. The maximum Gasteiger partial charge on any atom is 0.115 e. The molecule has 0 aliphatic carbocycles. The van der Waals surface area contributed by atoms with Gasteiger partial charge in [-0.15, -0.1) is 11.3 Å². The lowest BCUT2D eigenvalue weighted by Crippen LogP contribution is -1.64. The first-order valence-corrected chi connectivity index (χ1v) is 4.55. The molecule has 0 N–H and O–H groups in total. The van der Waals surface area contributed by atoms with Crippen LogP contribution >= 0.6 is 27.3 Å². The van der Waals surface area contributed by atoms with Crippen molar-refractivity contribution in [1.29, 1.82) is 0 Å². The number of alkyl halides is 1. The first-order valence-electron chi connectivity index (χ1n) is 2.55. The minimum Gasteiger partial charge on any atom is -0.245 e. The van der Waals surface area contributed by atoms with E-state index in [-0.39, 0.29) is 0 Å². The van der Waals surface area contributed by atoms with E-state index in [1.165, 1.54) is 0 Å². The number of thiazole rings is 1. The van der Waals surface area contributed by atoms with Gasteiger partial charge in [0, 0.05) is 16.9 Å². The number of rotatable bonds is 2. The number of allylic oxidation sites excluding steroid dienone is 1. The molecule has 9 heavy (non-hydrogen) atoms. The van der Waals surface area contributed by atoms with Gasteiger partial charge in [0.2, 0.25) is 0 Å². The van der Waals surface area contributed by atoms with Crippen LogP contribution in [-0.4, -0.2) is 10.3 Å². The average Bonchev–Trinajstić information content (AvgIpc) is 2.34. The zero-order valence-corrected chi connectivity index (χ0v) is 7.15. The van der Waals surface area contributed by atoms with Gasteiger partial charge in [0.05, 0.1) is 0 Å².